The van der Waals surface area contributed by atoms with Crippen LogP contribution in [0, 0.1) is 0 Å². The number of para-hydroxylation sites is 1. The van der Waals surface area contributed by atoms with Gasteiger partial charge >= 0.3 is 0 Å². The molecule has 1 aliphatic rings. The minimum atomic E-state index is -1.05. The van der Waals surface area contributed by atoms with Crippen LogP contribution in [0.2, 0.25) is 0 Å². The van der Waals surface area contributed by atoms with Crippen molar-refractivity contribution in [2.45, 2.75) is 37.9 Å². The zero-order valence-electron chi connectivity index (χ0n) is 15.7. The number of aromatic nitrogens is 1. The highest BCUT2D eigenvalue weighted by atomic mass is 16.5. The van der Waals surface area contributed by atoms with Crippen LogP contribution in [0.15, 0.2) is 47.4 Å². The number of rotatable bonds is 1. The predicted molar refractivity (Wildman–Crippen MR) is 104 cm³/mol. The van der Waals surface area contributed by atoms with Gasteiger partial charge in [-0.3, -0.25) is 9.59 Å². The van der Waals surface area contributed by atoms with Gasteiger partial charge in [0.15, 0.2) is 0 Å². The number of pyridine rings is 1. The average Bonchev–Trinajstić information content (AvgIpc) is 2.71. The maximum atomic E-state index is 12.8. The number of hydrogen-bond acceptors (Lipinski definition) is 5. The number of fused-ring (bicyclic) bond motifs is 1. The maximum Gasteiger partial charge on any atom is 0.254 e. The van der Waals surface area contributed by atoms with Crippen molar-refractivity contribution in [3.63, 3.8) is 0 Å². The van der Waals surface area contributed by atoms with E-state index in [1.165, 1.54) is 12.3 Å². The van der Waals surface area contributed by atoms with E-state index in [1.54, 1.807) is 11.0 Å². The second-order valence-electron chi connectivity index (χ2n) is 7.03. The van der Waals surface area contributed by atoms with Gasteiger partial charge in [-0.2, -0.15) is 0 Å². The summed E-state index contributed by atoms with van der Waals surface area (Å²) in [5.41, 5.74) is 1.02. The van der Waals surface area contributed by atoms with Gasteiger partial charge in [0.1, 0.15) is 18.5 Å². The lowest BCUT2D eigenvalue weighted by molar-refractivity contribution is -0.0150. The van der Waals surface area contributed by atoms with E-state index in [-0.39, 0.29) is 31.0 Å². The molecule has 1 amide bonds. The molecule has 1 aliphatic heterocycles. The number of aliphatic hydroxyl groups excluding tert-OH is 2. The van der Waals surface area contributed by atoms with Crippen molar-refractivity contribution in [2.75, 3.05) is 19.7 Å². The zero-order valence-corrected chi connectivity index (χ0v) is 15.7. The summed E-state index contributed by atoms with van der Waals surface area (Å²) in [6, 6.07) is 10.5. The Morgan fingerprint density at radius 2 is 1.93 bits per heavy atom. The first kappa shape index (κ1) is 20.1. The highest BCUT2D eigenvalue weighted by molar-refractivity contribution is 5.94. The molecule has 2 atom stereocenters. The molecule has 0 unspecified atom stereocenters. The first-order valence-electron chi connectivity index (χ1n) is 9.59. The molecule has 2 aromatic rings. The zero-order chi connectivity index (χ0) is 19.9. The molecular formula is C21H26N2O5. The normalized spacial score (nSPS) is 21.4. The molecule has 3 rings (SSSR count). The number of aliphatic hydroxyl groups is 2. The summed E-state index contributed by atoms with van der Waals surface area (Å²) in [4.78, 5) is 28.5. The third kappa shape index (κ3) is 5.21. The van der Waals surface area contributed by atoms with Gasteiger partial charge in [0.25, 0.3) is 5.91 Å². The minimum Gasteiger partial charge on any atom is -0.491 e. The number of carbonyl (C=O) groups is 1. The van der Waals surface area contributed by atoms with Gasteiger partial charge in [-0.05, 0) is 43.4 Å². The van der Waals surface area contributed by atoms with Crippen molar-refractivity contribution in [1.82, 2.24) is 9.88 Å². The van der Waals surface area contributed by atoms with Crippen LogP contribution < -0.4 is 10.3 Å². The SMILES string of the molecule is O=C(c1cc[nH]c(=O)c1)N1CCCCc2ccccc2OC[C@@H](O)[C@@H](O)CC1. The molecular weight excluding hydrogens is 360 g/mol. The number of nitrogens with zero attached hydrogens (tertiary/aromatic N) is 1. The van der Waals surface area contributed by atoms with E-state index in [1.807, 2.05) is 24.3 Å². The molecule has 0 saturated heterocycles. The van der Waals surface area contributed by atoms with Crippen LogP contribution in [0.4, 0.5) is 0 Å². The molecule has 7 nitrogen and oxygen atoms in total. The highest BCUT2D eigenvalue weighted by Gasteiger charge is 2.22. The lowest BCUT2D eigenvalue weighted by atomic mass is 10.1. The van der Waals surface area contributed by atoms with Crippen LogP contribution in [-0.4, -0.2) is 57.9 Å². The Balaban J connectivity index is 1.76. The smallest absolute Gasteiger partial charge is 0.254 e. The van der Waals surface area contributed by atoms with Crippen molar-refractivity contribution >= 4 is 5.91 Å². The number of hydrogen-bond donors (Lipinski definition) is 3. The van der Waals surface area contributed by atoms with Crippen LogP contribution in [0.5, 0.6) is 5.75 Å². The molecule has 0 bridgehead atoms. The summed E-state index contributed by atoms with van der Waals surface area (Å²) < 4.78 is 5.71. The van der Waals surface area contributed by atoms with E-state index in [4.69, 9.17) is 4.74 Å². The summed E-state index contributed by atoms with van der Waals surface area (Å²) in [5, 5.41) is 20.5. The first-order valence-corrected chi connectivity index (χ1v) is 9.59. The van der Waals surface area contributed by atoms with Gasteiger partial charge in [-0.25, -0.2) is 0 Å². The van der Waals surface area contributed by atoms with Gasteiger partial charge < -0.3 is 24.8 Å². The third-order valence-corrected chi connectivity index (χ3v) is 4.95. The number of aryl methyl sites for hydroxylation is 1. The molecule has 0 spiro atoms. The molecule has 0 aliphatic carbocycles. The molecule has 3 N–H and O–H groups in total. The van der Waals surface area contributed by atoms with Crippen molar-refractivity contribution in [2.24, 2.45) is 0 Å². The lowest BCUT2D eigenvalue weighted by Gasteiger charge is -2.25. The molecule has 28 heavy (non-hydrogen) atoms. The molecule has 0 radical (unpaired) electrons. The Kier molecular flexibility index (Phi) is 6.84. The van der Waals surface area contributed by atoms with Gasteiger partial charge in [0.2, 0.25) is 5.56 Å². The molecule has 1 aromatic carbocycles. The third-order valence-electron chi connectivity index (χ3n) is 4.95. The Hall–Kier alpha value is -2.64. The van der Waals surface area contributed by atoms with E-state index in [2.05, 4.69) is 4.98 Å². The van der Waals surface area contributed by atoms with Crippen molar-refractivity contribution in [1.29, 1.82) is 0 Å². The summed E-state index contributed by atoms with van der Waals surface area (Å²) in [6.45, 7) is 0.786. The molecule has 150 valence electrons. The van der Waals surface area contributed by atoms with Gasteiger partial charge in [-0.15, -0.1) is 0 Å². The second kappa shape index (κ2) is 9.52. The fourth-order valence-electron chi connectivity index (χ4n) is 3.31. The van der Waals surface area contributed by atoms with Crippen LogP contribution in [0.1, 0.15) is 35.2 Å². The summed E-state index contributed by atoms with van der Waals surface area (Å²) in [6.07, 6.45) is 2.05. The van der Waals surface area contributed by atoms with E-state index in [0.717, 1.165) is 24.8 Å². The molecule has 0 saturated carbocycles. The molecule has 7 heteroatoms. The summed E-state index contributed by atoms with van der Waals surface area (Å²) in [5.74, 6) is 0.462. The second-order valence-corrected chi connectivity index (χ2v) is 7.03. The summed E-state index contributed by atoms with van der Waals surface area (Å²) in [7, 11) is 0. The Morgan fingerprint density at radius 1 is 1.11 bits per heavy atom. The molecule has 0 fully saturated rings. The van der Waals surface area contributed by atoms with Crippen LogP contribution in [-0.2, 0) is 6.42 Å². The van der Waals surface area contributed by atoms with Gasteiger partial charge in [-0.1, -0.05) is 18.2 Å². The van der Waals surface area contributed by atoms with E-state index >= 15 is 0 Å². The fraction of sp³-hybridized carbons (Fsp3) is 0.429. The monoisotopic (exact) mass is 386 g/mol. The topological polar surface area (TPSA) is 103 Å². The largest absolute Gasteiger partial charge is 0.491 e. The fourth-order valence-corrected chi connectivity index (χ4v) is 3.31. The van der Waals surface area contributed by atoms with Crippen molar-refractivity contribution in [3.05, 3.63) is 64.1 Å². The molecule has 1 aromatic heterocycles. The number of carbonyl (C=O) groups excluding carboxylic acids is 1. The van der Waals surface area contributed by atoms with Crippen LogP contribution >= 0.6 is 0 Å². The quantitative estimate of drug-likeness (QED) is 0.686. The molecule has 2 heterocycles. The van der Waals surface area contributed by atoms with Crippen LogP contribution in [0.25, 0.3) is 0 Å². The Labute approximate surface area is 163 Å². The summed E-state index contributed by atoms with van der Waals surface area (Å²) >= 11 is 0. The van der Waals surface area contributed by atoms with Gasteiger partial charge in [0, 0.05) is 30.9 Å². The van der Waals surface area contributed by atoms with Crippen molar-refractivity contribution < 1.29 is 19.7 Å². The Bertz CT molecular complexity index is 850. The average molecular weight is 386 g/mol. The van der Waals surface area contributed by atoms with E-state index < -0.39 is 12.2 Å². The van der Waals surface area contributed by atoms with E-state index in [0.29, 0.717) is 17.9 Å². The number of aromatic amines is 1. The predicted octanol–water partition coefficient (Wildman–Crippen LogP) is 1.34. The number of nitrogens with one attached hydrogen (secondary N) is 1. The highest BCUT2D eigenvalue weighted by Crippen LogP contribution is 2.21. The van der Waals surface area contributed by atoms with Gasteiger partial charge in [0.05, 0.1) is 6.10 Å². The van der Waals surface area contributed by atoms with Crippen LogP contribution in [0.3, 0.4) is 0 Å². The number of benzene rings is 1. The lowest BCUT2D eigenvalue weighted by Crippen LogP contribution is -2.38. The first-order chi connectivity index (χ1) is 13.5. The number of amides is 1. The Morgan fingerprint density at radius 3 is 2.75 bits per heavy atom. The minimum absolute atomic E-state index is 0.0137. The number of ether oxygens (including phenoxy) is 1. The van der Waals surface area contributed by atoms with E-state index in [9.17, 15) is 19.8 Å². The maximum absolute atomic E-state index is 12.8. The van der Waals surface area contributed by atoms with Crippen molar-refractivity contribution in [3.8, 4) is 5.75 Å². The number of H-pyrrole nitrogens is 1. The standard InChI is InChI=1S/C21H26N2O5/c24-17-9-12-23(21(27)16-8-10-22-20(26)13-16)11-4-3-6-15-5-1-2-7-19(15)28-14-18(17)25/h1-2,5,7-8,10,13,17-18,24-25H,3-4,6,9,11-12,14H2,(H,22,26)/t17-,18+/m0/s1.